The summed E-state index contributed by atoms with van der Waals surface area (Å²) in [6.07, 6.45) is 0. The lowest BCUT2D eigenvalue weighted by molar-refractivity contribution is 0.672. The van der Waals surface area contributed by atoms with E-state index in [0.717, 1.165) is 82.9 Å². The molecule has 0 aliphatic heterocycles. The van der Waals surface area contributed by atoms with Crippen LogP contribution in [-0.4, -0.2) is 4.57 Å². The Hall–Kier alpha value is -7.88. The number of hydrogen-bond acceptors (Lipinski definition) is 2. The Morgan fingerprint density at radius 1 is 0.424 bits per heavy atom. The van der Waals surface area contributed by atoms with Crippen molar-refractivity contribution in [1.29, 1.82) is 0 Å². The van der Waals surface area contributed by atoms with E-state index < -0.39 is 6.04 Å². The van der Waals surface area contributed by atoms with E-state index in [1.165, 1.54) is 16.3 Å². The van der Waals surface area contributed by atoms with Crippen LogP contribution in [0.1, 0.15) is 6.85 Å². The van der Waals surface area contributed by atoms with Gasteiger partial charge in [0.05, 0.1) is 23.6 Å². The Balaban J connectivity index is 1.04. The van der Waals surface area contributed by atoms with Crippen molar-refractivity contribution >= 4 is 82.4 Å². The van der Waals surface area contributed by atoms with Crippen molar-refractivity contribution in [3.8, 4) is 27.9 Å². The number of para-hydroxylation sites is 3. The van der Waals surface area contributed by atoms with Crippen molar-refractivity contribution in [2.75, 3.05) is 4.90 Å². The minimum absolute atomic E-state index is 0.166. The Labute approximate surface area is 348 Å². The van der Waals surface area contributed by atoms with Crippen molar-refractivity contribution in [1.82, 2.24) is 4.57 Å². The second-order valence-corrected chi connectivity index (χ2v) is 15.0. The van der Waals surface area contributed by atoms with E-state index in [0.29, 0.717) is 5.56 Å². The molecule has 0 saturated heterocycles. The van der Waals surface area contributed by atoms with E-state index in [4.69, 9.17) is 11.3 Å². The summed E-state index contributed by atoms with van der Waals surface area (Å²) in [5, 5.41) is 8.62. The third kappa shape index (κ3) is 5.44. The molecular formula is C56H36N2O. The zero-order valence-corrected chi connectivity index (χ0v) is 31.7. The molecule has 3 heteroatoms. The highest BCUT2D eigenvalue weighted by atomic mass is 16.3. The summed E-state index contributed by atoms with van der Waals surface area (Å²) < 4.78 is 51.1. The van der Waals surface area contributed by atoms with Crippen LogP contribution in [0.3, 0.4) is 0 Å². The van der Waals surface area contributed by atoms with Crippen LogP contribution >= 0.6 is 0 Å². The molecule has 3 nitrogen and oxygen atoms in total. The van der Waals surface area contributed by atoms with E-state index in [1.807, 2.05) is 48.5 Å². The summed E-state index contributed by atoms with van der Waals surface area (Å²) in [5.41, 5.74) is 10.6. The van der Waals surface area contributed by atoms with Gasteiger partial charge in [-0.15, -0.1) is 0 Å². The normalized spacial score (nSPS) is 12.9. The van der Waals surface area contributed by atoms with Crippen LogP contribution in [0.25, 0.3) is 93.2 Å². The fourth-order valence-electron chi connectivity index (χ4n) is 8.88. The average Bonchev–Trinajstić information content (AvgIpc) is 3.89. The zero-order valence-electron chi connectivity index (χ0n) is 36.7. The number of furan rings is 1. The van der Waals surface area contributed by atoms with Crippen molar-refractivity contribution in [3.63, 3.8) is 0 Å². The predicted molar refractivity (Wildman–Crippen MR) is 249 cm³/mol. The third-order valence-corrected chi connectivity index (χ3v) is 11.6. The fourth-order valence-corrected chi connectivity index (χ4v) is 8.88. The van der Waals surface area contributed by atoms with E-state index >= 15 is 0 Å². The molecule has 2 heterocycles. The topological polar surface area (TPSA) is 21.3 Å². The number of anilines is 3. The summed E-state index contributed by atoms with van der Waals surface area (Å²) in [4.78, 5) is 2.22. The number of fused-ring (bicyclic) bond motifs is 9. The molecule has 0 amide bonds. The first-order chi connectivity index (χ1) is 31.3. The molecule has 276 valence electrons. The summed E-state index contributed by atoms with van der Waals surface area (Å²) in [7, 11) is 0. The number of aromatic nitrogens is 1. The van der Waals surface area contributed by atoms with Gasteiger partial charge in [-0.1, -0.05) is 139 Å². The molecule has 0 spiro atoms. The van der Waals surface area contributed by atoms with Gasteiger partial charge in [0.1, 0.15) is 11.2 Å². The highest BCUT2D eigenvalue weighted by Gasteiger charge is 2.21. The van der Waals surface area contributed by atoms with E-state index in [9.17, 15) is 0 Å². The molecule has 0 unspecified atom stereocenters. The van der Waals surface area contributed by atoms with Gasteiger partial charge in [0.2, 0.25) is 0 Å². The molecule has 59 heavy (non-hydrogen) atoms. The van der Waals surface area contributed by atoms with Gasteiger partial charge in [-0.3, -0.25) is 0 Å². The Kier molecular flexibility index (Phi) is 6.46. The van der Waals surface area contributed by atoms with Gasteiger partial charge in [-0.05, 0) is 117 Å². The lowest BCUT2D eigenvalue weighted by atomic mass is 9.98. The maximum absolute atomic E-state index is 8.67. The lowest BCUT2D eigenvalue weighted by Gasteiger charge is -2.27. The second-order valence-electron chi connectivity index (χ2n) is 15.0. The van der Waals surface area contributed by atoms with Gasteiger partial charge in [0.15, 0.2) is 0 Å². The highest BCUT2D eigenvalue weighted by molar-refractivity contribution is 6.19. The predicted octanol–water partition coefficient (Wildman–Crippen LogP) is 15.8. The SMILES string of the molecule is [2H]c1c([2H])c([2H])c(-c2ccc(N(c3ccc4ccc(-c5ccc6c(c5)c5ccccc5n6-c5ccccc5)cc4c3)c3cccc4ccc5c6ccccc6oc5c34)cc2)c([2H])c1[2H]. The summed E-state index contributed by atoms with van der Waals surface area (Å²) in [5.74, 6) is 0. The molecule has 2 aromatic heterocycles. The maximum Gasteiger partial charge on any atom is 0.145 e. The Morgan fingerprint density at radius 2 is 1.12 bits per heavy atom. The minimum Gasteiger partial charge on any atom is -0.455 e. The van der Waals surface area contributed by atoms with Crippen LogP contribution in [0.5, 0.6) is 0 Å². The van der Waals surface area contributed by atoms with Crippen LogP contribution in [0.4, 0.5) is 17.1 Å². The van der Waals surface area contributed by atoms with Gasteiger partial charge in [-0.2, -0.15) is 0 Å². The molecule has 0 N–H and O–H groups in total. The second kappa shape index (κ2) is 13.4. The third-order valence-electron chi connectivity index (χ3n) is 11.6. The molecule has 0 saturated carbocycles. The van der Waals surface area contributed by atoms with Crippen molar-refractivity contribution in [2.45, 2.75) is 0 Å². The molecule has 0 bridgehead atoms. The van der Waals surface area contributed by atoms with Gasteiger partial charge in [-0.25, -0.2) is 0 Å². The quantitative estimate of drug-likeness (QED) is 0.168. The molecule has 0 fully saturated rings. The Morgan fingerprint density at radius 3 is 2.00 bits per heavy atom. The summed E-state index contributed by atoms with van der Waals surface area (Å²) in [6, 6.07) is 63.6. The molecule has 12 aromatic rings. The average molecular weight is 758 g/mol. The monoisotopic (exact) mass is 757 g/mol. The molecule has 0 radical (unpaired) electrons. The van der Waals surface area contributed by atoms with Crippen LogP contribution < -0.4 is 4.90 Å². The van der Waals surface area contributed by atoms with E-state index in [-0.39, 0.29) is 29.7 Å². The zero-order chi connectivity index (χ0) is 43.2. The van der Waals surface area contributed by atoms with Crippen molar-refractivity contribution in [3.05, 3.63) is 218 Å². The van der Waals surface area contributed by atoms with Crippen molar-refractivity contribution < 1.29 is 11.3 Å². The molecule has 10 aromatic carbocycles. The standard InChI is InChI=1S/C56H36N2O/c1-3-12-37(13-4-1)38-24-29-45(30-25-38)57(53-20-11-14-40-27-32-49-48-18-8-10-21-54(48)59-56(49)55(40)53)46-31-26-39-22-23-41(34-43(39)35-46)42-28-33-52-50(36-42)47-17-7-9-19-51(47)58(52)44-15-5-2-6-16-44/h1-36H/i1D,3D,4D,12D,13D. The molecule has 0 aliphatic carbocycles. The number of benzene rings is 10. The first-order valence-corrected chi connectivity index (χ1v) is 19.8. The Bertz CT molecular complexity index is 3830. The van der Waals surface area contributed by atoms with E-state index in [1.54, 1.807) is 0 Å². The first-order valence-electron chi connectivity index (χ1n) is 22.3. The largest absolute Gasteiger partial charge is 0.455 e. The molecule has 0 aliphatic rings. The maximum atomic E-state index is 8.67. The minimum atomic E-state index is -0.412. The first kappa shape index (κ1) is 28.5. The fraction of sp³-hybridized carbons (Fsp3) is 0. The van der Waals surface area contributed by atoms with Crippen LogP contribution in [0, 0.1) is 0 Å². The molecular weight excluding hydrogens is 717 g/mol. The van der Waals surface area contributed by atoms with E-state index in [2.05, 4.69) is 149 Å². The summed E-state index contributed by atoms with van der Waals surface area (Å²) in [6.45, 7) is 0. The van der Waals surface area contributed by atoms with Crippen molar-refractivity contribution in [2.24, 2.45) is 0 Å². The van der Waals surface area contributed by atoms with Gasteiger partial charge in [0, 0.05) is 44.0 Å². The smallest absolute Gasteiger partial charge is 0.145 e. The lowest BCUT2D eigenvalue weighted by Crippen LogP contribution is -2.10. The number of hydrogen-bond donors (Lipinski definition) is 0. The molecule has 0 atom stereocenters. The van der Waals surface area contributed by atoms with Gasteiger partial charge in [0.25, 0.3) is 0 Å². The number of rotatable bonds is 6. The van der Waals surface area contributed by atoms with Crippen LogP contribution in [-0.2, 0) is 0 Å². The summed E-state index contributed by atoms with van der Waals surface area (Å²) >= 11 is 0. The van der Waals surface area contributed by atoms with Crippen LogP contribution in [0.2, 0.25) is 0 Å². The number of nitrogens with zero attached hydrogens (tertiary/aromatic N) is 2. The van der Waals surface area contributed by atoms with Crippen LogP contribution in [0.15, 0.2) is 223 Å². The molecule has 12 rings (SSSR count). The van der Waals surface area contributed by atoms with Gasteiger partial charge >= 0.3 is 0 Å². The highest BCUT2D eigenvalue weighted by Crippen LogP contribution is 2.45. The van der Waals surface area contributed by atoms with Gasteiger partial charge < -0.3 is 13.9 Å².